The molecule has 0 atom stereocenters. The minimum atomic E-state index is -4.67. The molecule has 0 saturated heterocycles. The van der Waals surface area contributed by atoms with Crippen molar-refractivity contribution in [3.8, 4) is 0 Å². The molecular weight excluding hydrogens is 184 g/mol. The molecule has 6 nitrogen and oxygen atoms in total. The normalized spacial score (nSPS) is 10.5. The number of carbonyl (C=O) groups is 2. The maximum Gasteiger partial charge on any atom is 0.522 e. The smallest absolute Gasteiger partial charge is 0.449 e. The highest BCUT2D eigenvalue weighted by molar-refractivity contribution is 8.25. The molecule has 0 amide bonds. The zero-order valence-electron chi connectivity index (χ0n) is 4.34. The lowest BCUT2D eigenvalue weighted by Gasteiger charge is -1.93. The van der Waals surface area contributed by atoms with E-state index in [1.807, 2.05) is 0 Å². The highest BCUT2D eigenvalue weighted by Gasteiger charge is 2.22. The van der Waals surface area contributed by atoms with Crippen molar-refractivity contribution in [2.45, 2.75) is 0 Å². The summed E-state index contributed by atoms with van der Waals surface area (Å²) in [6.07, 6.45) is -2.07. The van der Waals surface area contributed by atoms with Gasteiger partial charge in [-0.15, -0.1) is 0 Å². The van der Waals surface area contributed by atoms with Crippen LogP contribution < -0.4 is 0 Å². The summed E-state index contributed by atoms with van der Waals surface area (Å²) in [5.41, 5.74) is 0. The van der Waals surface area contributed by atoms with Gasteiger partial charge in [-0.3, -0.25) is 4.79 Å². The summed E-state index contributed by atoms with van der Waals surface area (Å²) < 4.78 is 21.7. The quantitative estimate of drug-likeness (QED) is 0.410. The Morgan fingerprint density at radius 3 is 1.90 bits per heavy atom. The van der Waals surface area contributed by atoms with Crippen LogP contribution >= 0.6 is 12.6 Å². The maximum absolute atomic E-state index is 10.1. The highest BCUT2D eigenvalue weighted by Crippen LogP contribution is 1.99. The van der Waals surface area contributed by atoms with E-state index in [9.17, 15) is 18.0 Å². The second kappa shape index (κ2) is 2.88. The third kappa shape index (κ3) is 2.69. The van der Waals surface area contributed by atoms with Gasteiger partial charge in [-0.25, -0.2) is 4.79 Å². The first kappa shape index (κ1) is 9.24. The van der Waals surface area contributed by atoms with E-state index in [-0.39, 0.29) is 0 Å². The first-order chi connectivity index (χ1) is 4.36. The van der Waals surface area contributed by atoms with Crippen LogP contribution in [-0.2, 0) is 14.3 Å². The molecule has 0 rings (SSSR count). The Hall–Kier alpha value is -0.760. The highest BCUT2D eigenvalue weighted by atomic mass is 32.3. The van der Waals surface area contributed by atoms with Gasteiger partial charge in [-0.05, 0) is 0 Å². The molecule has 58 valence electrons. The first-order valence-electron chi connectivity index (χ1n) is 1.76. The molecule has 0 radical (unpaired) electrons. The number of rotatable bonds is 0. The van der Waals surface area contributed by atoms with Crippen molar-refractivity contribution in [1.82, 2.24) is 0 Å². The Kier molecular flexibility index (Phi) is 2.66. The molecule has 1 N–H and O–H groups in total. The SMILES string of the molecule is O=C(O)OS(=O)(=O)C(=O)S. The van der Waals surface area contributed by atoms with Gasteiger partial charge >= 0.3 is 20.7 Å². The molecule has 0 spiro atoms. The van der Waals surface area contributed by atoms with E-state index in [0.717, 1.165) is 0 Å². The maximum atomic E-state index is 10.1. The summed E-state index contributed by atoms with van der Waals surface area (Å²) in [5.74, 6) is 0. The van der Waals surface area contributed by atoms with E-state index >= 15 is 0 Å². The molecule has 0 aliphatic rings. The molecule has 10 heavy (non-hydrogen) atoms. The van der Waals surface area contributed by atoms with Crippen molar-refractivity contribution in [3.05, 3.63) is 0 Å². The lowest BCUT2D eigenvalue weighted by atomic mass is 11.5. The lowest BCUT2D eigenvalue weighted by molar-refractivity contribution is 0.147. The van der Waals surface area contributed by atoms with Crippen LogP contribution in [0.4, 0.5) is 9.59 Å². The zero-order chi connectivity index (χ0) is 8.36. The van der Waals surface area contributed by atoms with E-state index in [1.165, 1.54) is 0 Å². The molecule has 0 heterocycles. The molecule has 0 aliphatic heterocycles. The van der Waals surface area contributed by atoms with Gasteiger partial charge in [0, 0.05) is 0 Å². The topological polar surface area (TPSA) is 97.7 Å². The molecule has 0 aliphatic carbocycles. The second-order valence-electron chi connectivity index (χ2n) is 1.07. The largest absolute Gasteiger partial charge is 0.522 e. The van der Waals surface area contributed by atoms with Crippen LogP contribution in [0.3, 0.4) is 0 Å². The minimum Gasteiger partial charge on any atom is -0.449 e. The van der Waals surface area contributed by atoms with Crippen LogP contribution in [0.1, 0.15) is 0 Å². The van der Waals surface area contributed by atoms with Gasteiger partial charge in [0.2, 0.25) is 0 Å². The number of hydrogen-bond acceptors (Lipinski definition) is 5. The van der Waals surface area contributed by atoms with E-state index in [1.54, 1.807) is 0 Å². The van der Waals surface area contributed by atoms with Crippen LogP contribution in [0.15, 0.2) is 0 Å². The minimum absolute atomic E-state index is 1.64. The number of hydrogen-bond donors (Lipinski definition) is 2. The summed E-state index contributed by atoms with van der Waals surface area (Å²) in [4.78, 5) is 19.4. The lowest BCUT2D eigenvalue weighted by Crippen LogP contribution is -2.14. The molecule has 0 saturated carbocycles. The van der Waals surface area contributed by atoms with E-state index in [0.29, 0.717) is 0 Å². The Labute approximate surface area is 61.3 Å². The van der Waals surface area contributed by atoms with Crippen molar-refractivity contribution < 1.29 is 27.3 Å². The molecule has 8 heteroatoms. The van der Waals surface area contributed by atoms with Crippen molar-refractivity contribution >= 4 is 33.3 Å². The summed E-state index contributed by atoms with van der Waals surface area (Å²) in [7, 11) is -4.67. The fraction of sp³-hybridized carbons (Fsp3) is 0. The van der Waals surface area contributed by atoms with Crippen LogP contribution in [-0.4, -0.2) is 24.1 Å². The number of carboxylic acid groups (broad SMARTS) is 1. The number of thiol groups is 1. The van der Waals surface area contributed by atoms with Crippen molar-refractivity contribution in [1.29, 1.82) is 0 Å². The monoisotopic (exact) mass is 186 g/mol. The Morgan fingerprint density at radius 1 is 1.40 bits per heavy atom. The molecule has 0 aromatic heterocycles. The molecule has 0 unspecified atom stereocenters. The number of carbonyl (C=O) groups excluding carboxylic acids is 1. The first-order valence-corrected chi connectivity index (χ1v) is 3.62. The van der Waals surface area contributed by atoms with Gasteiger partial charge in [0.15, 0.2) is 0 Å². The third-order valence-corrected chi connectivity index (χ3v) is 1.86. The average molecular weight is 186 g/mol. The Bertz CT molecular complexity index is 249. The molecule has 0 aromatic carbocycles. The summed E-state index contributed by atoms with van der Waals surface area (Å²) >= 11 is 2.84. The van der Waals surface area contributed by atoms with Gasteiger partial charge in [0.05, 0.1) is 0 Å². The Morgan fingerprint density at radius 2 is 1.80 bits per heavy atom. The fourth-order valence-corrected chi connectivity index (χ4v) is 0.500. The summed E-state index contributed by atoms with van der Waals surface area (Å²) in [6, 6.07) is 0. The van der Waals surface area contributed by atoms with Crippen molar-refractivity contribution in [2.75, 3.05) is 0 Å². The molecule has 0 bridgehead atoms. The fourth-order valence-electron chi connectivity index (χ4n) is 0.129. The van der Waals surface area contributed by atoms with Gasteiger partial charge in [0.1, 0.15) is 0 Å². The standard InChI is InChI=1S/C2H2O6S2/c3-1(4)8-10(6,7)2(5)9/h(H,3,4)(H,5,9). The average Bonchev–Trinajstić information content (AvgIpc) is 1.60. The van der Waals surface area contributed by atoms with Gasteiger partial charge < -0.3 is 9.29 Å². The summed E-state index contributed by atoms with van der Waals surface area (Å²) in [5, 5.41) is 7.71. The van der Waals surface area contributed by atoms with Crippen LogP contribution in [0, 0.1) is 0 Å². The van der Waals surface area contributed by atoms with Crippen LogP contribution in [0.2, 0.25) is 0 Å². The van der Waals surface area contributed by atoms with E-state index in [2.05, 4.69) is 16.8 Å². The van der Waals surface area contributed by atoms with Gasteiger partial charge in [-0.1, -0.05) is 12.6 Å². The van der Waals surface area contributed by atoms with Crippen molar-refractivity contribution in [2.24, 2.45) is 0 Å². The third-order valence-electron chi connectivity index (χ3n) is 0.395. The van der Waals surface area contributed by atoms with Crippen molar-refractivity contribution in [3.63, 3.8) is 0 Å². The van der Waals surface area contributed by atoms with E-state index in [4.69, 9.17) is 5.11 Å². The predicted octanol–water partition coefficient (Wildman–Crippen LogP) is 0.0606. The predicted molar refractivity (Wildman–Crippen MR) is 32.4 cm³/mol. The Balaban J connectivity index is 4.46. The van der Waals surface area contributed by atoms with Crippen LogP contribution in [0.25, 0.3) is 0 Å². The van der Waals surface area contributed by atoms with Gasteiger partial charge in [0.25, 0.3) is 0 Å². The van der Waals surface area contributed by atoms with E-state index < -0.39 is 20.7 Å². The van der Waals surface area contributed by atoms with Gasteiger partial charge in [-0.2, -0.15) is 8.42 Å². The summed E-state index contributed by atoms with van der Waals surface area (Å²) in [6.45, 7) is 0. The molecule has 0 fully saturated rings. The zero-order valence-corrected chi connectivity index (χ0v) is 6.05. The molecule has 0 aromatic rings. The second-order valence-corrected chi connectivity index (χ2v) is 3.22. The molecular formula is C2H2O6S2. The van der Waals surface area contributed by atoms with Crippen LogP contribution in [0.5, 0.6) is 0 Å².